The van der Waals surface area contributed by atoms with Gasteiger partial charge < -0.3 is 20.8 Å². The van der Waals surface area contributed by atoms with Crippen molar-refractivity contribution < 1.29 is 19.8 Å². The van der Waals surface area contributed by atoms with E-state index in [1.807, 2.05) is 0 Å². The largest absolute Gasteiger partial charge is 0.506 e. The molecular formula is C17H13N3O4. The number of carboxylic acids is 1. The van der Waals surface area contributed by atoms with Gasteiger partial charge in [0.15, 0.2) is 0 Å². The van der Waals surface area contributed by atoms with E-state index in [0.717, 1.165) is 0 Å². The normalized spacial score (nSPS) is 10.5. The number of nitrogens with one attached hydrogen (secondary N) is 2. The van der Waals surface area contributed by atoms with E-state index in [4.69, 9.17) is 10.4 Å². The van der Waals surface area contributed by atoms with Crippen molar-refractivity contribution in [3.8, 4) is 11.8 Å². The zero-order valence-corrected chi connectivity index (χ0v) is 12.4. The predicted molar refractivity (Wildman–Crippen MR) is 87.5 cm³/mol. The molecule has 0 aliphatic rings. The number of carbonyl (C=O) groups is 2. The molecule has 0 unspecified atom stereocenters. The molecular weight excluding hydrogens is 310 g/mol. The summed E-state index contributed by atoms with van der Waals surface area (Å²) >= 11 is 0. The van der Waals surface area contributed by atoms with Gasteiger partial charge in [-0.25, -0.2) is 4.79 Å². The van der Waals surface area contributed by atoms with Crippen LogP contribution in [-0.2, 0) is 4.79 Å². The summed E-state index contributed by atoms with van der Waals surface area (Å²) in [5, 5.41) is 32.7. The number of phenolic OH excluding ortho intramolecular Hbond substituents is 1. The van der Waals surface area contributed by atoms with Crippen LogP contribution >= 0.6 is 0 Å². The average Bonchev–Trinajstić information content (AvgIpc) is 2.57. The van der Waals surface area contributed by atoms with Crippen LogP contribution in [-0.4, -0.2) is 22.1 Å². The molecule has 0 aromatic heterocycles. The Labute approximate surface area is 137 Å². The Kier molecular flexibility index (Phi) is 5.16. The fourth-order valence-electron chi connectivity index (χ4n) is 1.79. The number of benzene rings is 2. The molecule has 0 spiro atoms. The minimum atomic E-state index is -1.07. The van der Waals surface area contributed by atoms with E-state index in [9.17, 15) is 14.7 Å². The maximum absolute atomic E-state index is 12.0. The molecule has 1 amide bonds. The molecule has 0 radical (unpaired) electrons. The summed E-state index contributed by atoms with van der Waals surface area (Å²) in [4.78, 5) is 22.8. The average molecular weight is 323 g/mol. The van der Waals surface area contributed by atoms with Gasteiger partial charge in [-0.05, 0) is 36.4 Å². The number of hydrogen-bond acceptors (Lipinski definition) is 5. The summed E-state index contributed by atoms with van der Waals surface area (Å²) in [7, 11) is 0. The standard InChI is InChI=1S/C17H13N3O4/c18-9-12(10-19-14-3-1-2-4-15(14)21)16(22)20-13-7-5-11(6-8-13)17(23)24/h1-8,10,19,21H,(H,20,22)(H,23,24)/b12-10-. The lowest BCUT2D eigenvalue weighted by Crippen LogP contribution is -2.14. The molecule has 0 fully saturated rings. The summed E-state index contributed by atoms with van der Waals surface area (Å²) in [5.41, 5.74) is 0.586. The summed E-state index contributed by atoms with van der Waals surface area (Å²) in [6.45, 7) is 0. The van der Waals surface area contributed by atoms with Crippen molar-refractivity contribution in [3.05, 3.63) is 65.9 Å². The van der Waals surface area contributed by atoms with Gasteiger partial charge in [0.25, 0.3) is 5.91 Å². The fraction of sp³-hybridized carbons (Fsp3) is 0. The van der Waals surface area contributed by atoms with E-state index >= 15 is 0 Å². The quantitative estimate of drug-likeness (QED) is 0.381. The van der Waals surface area contributed by atoms with Crippen molar-refractivity contribution in [2.75, 3.05) is 10.6 Å². The zero-order valence-electron chi connectivity index (χ0n) is 12.4. The van der Waals surface area contributed by atoms with E-state index in [0.29, 0.717) is 11.4 Å². The van der Waals surface area contributed by atoms with Crippen molar-refractivity contribution in [2.24, 2.45) is 0 Å². The number of nitriles is 1. The number of carbonyl (C=O) groups excluding carboxylic acids is 1. The number of amides is 1. The lowest BCUT2D eigenvalue weighted by molar-refractivity contribution is -0.112. The van der Waals surface area contributed by atoms with Crippen LogP contribution in [0.5, 0.6) is 5.75 Å². The van der Waals surface area contributed by atoms with Crippen molar-refractivity contribution in [3.63, 3.8) is 0 Å². The van der Waals surface area contributed by atoms with E-state index in [1.165, 1.54) is 36.5 Å². The highest BCUT2D eigenvalue weighted by atomic mass is 16.4. The SMILES string of the molecule is N#C/C(=C/Nc1ccccc1O)C(=O)Nc1ccc(C(=O)O)cc1. The molecule has 2 aromatic rings. The maximum Gasteiger partial charge on any atom is 0.335 e. The Morgan fingerprint density at radius 2 is 1.75 bits per heavy atom. The van der Waals surface area contributed by atoms with Crippen LogP contribution in [0.4, 0.5) is 11.4 Å². The van der Waals surface area contributed by atoms with Gasteiger partial charge in [0.1, 0.15) is 17.4 Å². The first-order valence-corrected chi connectivity index (χ1v) is 6.81. The molecule has 7 heteroatoms. The number of carboxylic acid groups (broad SMARTS) is 1. The summed E-state index contributed by atoms with van der Waals surface area (Å²) in [6.07, 6.45) is 1.18. The first-order chi connectivity index (χ1) is 11.5. The summed E-state index contributed by atoms with van der Waals surface area (Å²) in [5.74, 6) is -1.75. The van der Waals surface area contributed by atoms with Crippen LogP contribution in [0.3, 0.4) is 0 Å². The van der Waals surface area contributed by atoms with E-state index in [1.54, 1.807) is 24.3 Å². The lowest BCUT2D eigenvalue weighted by atomic mass is 10.2. The van der Waals surface area contributed by atoms with Gasteiger partial charge in [-0.3, -0.25) is 4.79 Å². The Hall–Kier alpha value is -3.79. The molecule has 0 bridgehead atoms. The molecule has 120 valence electrons. The van der Waals surface area contributed by atoms with Gasteiger partial charge in [-0.15, -0.1) is 0 Å². The van der Waals surface area contributed by atoms with Crippen molar-refractivity contribution in [1.82, 2.24) is 0 Å². The fourth-order valence-corrected chi connectivity index (χ4v) is 1.79. The monoisotopic (exact) mass is 323 g/mol. The van der Waals surface area contributed by atoms with Gasteiger partial charge in [-0.1, -0.05) is 12.1 Å². The van der Waals surface area contributed by atoms with Gasteiger partial charge in [0.2, 0.25) is 0 Å². The molecule has 0 aliphatic carbocycles. The molecule has 2 aromatic carbocycles. The second kappa shape index (κ2) is 7.47. The van der Waals surface area contributed by atoms with Crippen LogP contribution < -0.4 is 10.6 Å². The van der Waals surface area contributed by atoms with E-state index in [2.05, 4.69) is 10.6 Å². The number of anilines is 2. The number of nitrogens with zero attached hydrogens (tertiary/aromatic N) is 1. The smallest absolute Gasteiger partial charge is 0.335 e. The highest BCUT2D eigenvalue weighted by molar-refractivity contribution is 6.06. The molecule has 24 heavy (non-hydrogen) atoms. The molecule has 0 saturated heterocycles. The number of rotatable bonds is 5. The molecule has 0 atom stereocenters. The molecule has 2 rings (SSSR count). The van der Waals surface area contributed by atoms with Gasteiger partial charge >= 0.3 is 5.97 Å². The van der Waals surface area contributed by atoms with Crippen molar-refractivity contribution in [2.45, 2.75) is 0 Å². The Bertz CT molecular complexity index is 836. The third kappa shape index (κ3) is 4.11. The first-order valence-electron chi connectivity index (χ1n) is 6.81. The zero-order chi connectivity index (χ0) is 17.5. The summed E-state index contributed by atoms with van der Waals surface area (Å²) < 4.78 is 0. The Morgan fingerprint density at radius 3 is 2.33 bits per heavy atom. The molecule has 4 N–H and O–H groups in total. The second-order valence-electron chi connectivity index (χ2n) is 4.67. The van der Waals surface area contributed by atoms with Crippen molar-refractivity contribution in [1.29, 1.82) is 5.26 Å². The number of phenols is 1. The van der Waals surface area contributed by atoms with Crippen LogP contribution in [0, 0.1) is 11.3 Å². The molecule has 0 saturated carbocycles. The number of hydrogen-bond donors (Lipinski definition) is 4. The first kappa shape index (κ1) is 16.6. The molecule has 0 aliphatic heterocycles. The minimum Gasteiger partial charge on any atom is -0.506 e. The van der Waals surface area contributed by atoms with Crippen LogP contribution in [0.1, 0.15) is 10.4 Å². The number of para-hydroxylation sites is 2. The molecule has 7 nitrogen and oxygen atoms in total. The highest BCUT2D eigenvalue weighted by Crippen LogP contribution is 2.21. The Morgan fingerprint density at radius 1 is 1.08 bits per heavy atom. The van der Waals surface area contributed by atoms with Gasteiger partial charge in [0.05, 0.1) is 11.3 Å². The third-order valence-electron chi connectivity index (χ3n) is 3.03. The summed E-state index contributed by atoms with van der Waals surface area (Å²) in [6, 6.07) is 13.7. The predicted octanol–water partition coefficient (Wildman–Crippen LogP) is 2.55. The van der Waals surface area contributed by atoms with Crippen LogP contribution in [0.15, 0.2) is 60.3 Å². The van der Waals surface area contributed by atoms with Crippen LogP contribution in [0.25, 0.3) is 0 Å². The lowest BCUT2D eigenvalue weighted by Gasteiger charge is -2.06. The van der Waals surface area contributed by atoms with Gasteiger partial charge in [0, 0.05) is 11.9 Å². The topological polar surface area (TPSA) is 122 Å². The number of aromatic hydroxyl groups is 1. The maximum atomic E-state index is 12.0. The third-order valence-corrected chi connectivity index (χ3v) is 3.03. The van der Waals surface area contributed by atoms with E-state index < -0.39 is 11.9 Å². The van der Waals surface area contributed by atoms with Crippen LogP contribution in [0.2, 0.25) is 0 Å². The molecule has 0 heterocycles. The van der Waals surface area contributed by atoms with Crippen molar-refractivity contribution >= 4 is 23.3 Å². The van der Waals surface area contributed by atoms with E-state index in [-0.39, 0.29) is 16.9 Å². The number of aromatic carboxylic acids is 1. The highest BCUT2D eigenvalue weighted by Gasteiger charge is 2.10. The second-order valence-corrected chi connectivity index (χ2v) is 4.67. The van der Waals surface area contributed by atoms with Gasteiger partial charge in [-0.2, -0.15) is 5.26 Å². The minimum absolute atomic E-state index is 0.0179. The Balaban J connectivity index is 2.08.